The Morgan fingerprint density at radius 2 is 1.92 bits per heavy atom. The van der Waals surface area contributed by atoms with Crippen molar-refractivity contribution >= 4 is 16.7 Å². The predicted octanol–water partition coefficient (Wildman–Crippen LogP) is 4.32. The second-order valence-electron chi connectivity index (χ2n) is 6.12. The third-order valence-electron chi connectivity index (χ3n) is 4.04. The Bertz CT molecular complexity index is 917. The van der Waals surface area contributed by atoms with E-state index in [9.17, 15) is 0 Å². The number of ether oxygens (including phenoxy) is 2. The van der Waals surface area contributed by atoms with Gasteiger partial charge in [-0.3, -0.25) is 0 Å². The van der Waals surface area contributed by atoms with Crippen molar-refractivity contribution in [3.05, 3.63) is 60.2 Å². The Labute approximate surface area is 153 Å². The van der Waals surface area contributed by atoms with Crippen LogP contribution in [0.1, 0.15) is 25.3 Å². The van der Waals surface area contributed by atoms with Crippen LogP contribution in [0.25, 0.3) is 10.9 Å². The molecule has 5 nitrogen and oxygen atoms in total. The van der Waals surface area contributed by atoms with Gasteiger partial charge in [0.25, 0.3) is 0 Å². The van der Waals surface area contributed by atoms with Gasteiger partial charge in [0.05, 0.1) is 24.3 Å². The summed E-state index contributed by atoms with van der Waals surface area (Å²) in [5, 5.41) is 9.80. The number of hydrogen-bond donors (Lipinski definition) is 1. The molecule has 1 heterocycles. The van der Waals surface area contributed by atoms with Gasteiger partial charge in [0.1, 0.15) is 22.8 Å². The summed E-state index contributed by atoms with van der Waals surface area (Å²) in [5.41, 5.74) is 7.21. The largest absolute Gasteiger partial charge is 0.494 e. The molecular formula is C21H21N3O2. The predicted molar refractivity (Wildman–Crippen MR) is 102 cm³/mol. The second kappa shape index (κ2) is 8.21. The molecule has 26 heavy (non-hydrogen) atoms. The molecule has 0 aliphatic rings. The summed E-state index contributed by atoms with van der Waals surface area (Å²) in [6.07, 6.45) is 1.75. The first kappa shape index (κ1) is 17.6. The quantitative estimate of drug-likeness (QED) is 0.644. The van der Waals surface area contributed by atoms with Crippen LogP contribution in [0.15, 0.2) is 54.6 Å². The first-order valence-corrected chi connectivity index (χ1v) is 8.60. The number of nitrogen functional groups attached to an aromatic ring is 1. The summed E-state index contributed by atoms with van der Waals surface area (Å²) in [4.78, 5) is 4.38. The standard InChI is InChI=1S/C21H21N3O2/c1-15(4-3-13-25-18-10-7-16(14-22)8-11-18)26-19-6-2-5-17-9-12-20(23)24-21(17)19/h2,5-12,15H,3-4,13H2,1H3,(H2,23,24). The molecule has 0 aliphatic heterocycles. The van der Waals surface area contributed by atoms with Gasteiger partial charge in [-0.05, 0) is 62.2 Å². The summed E-state index contributed by atoms with van der Waals surface area (Å²) < 4.78 is 11.8. The Kier molecular flexibility index (Phi) is 5.55. The maximum atomic E-state index is 8.79. The number of hydrogen-bond acceptors (Lipinski definition) is 5. The maximum Gasteiger partial charge on any atom is 0.146 e. The molecule has 2 aromatic carbocycles. The van der Waals surface area contributed by atoms with Gasteiger partial charge >= 0.3 is 0 Å². The first-order valence-electron chi connectivity index (χ1n) is 8.60. The number of anilines is 1. The van der Waals surface area contributed by atoms with Crippen LogP contribution >= 0.6 is 0 Å². The zero-order valence-corrected chi connectivity index (χ0v) is 14.7. The van der Waals surface area contributed by atoms with Crippen molar-refractivity contribution in [2.45, 2.75) is 25.9 Å². The van der Waals surface area contributed by atoms with E-state index in [1.807, 2.05) is 43.3 Å². The molecule has 3 aromatic rings. The zero-order chi connectivity index (χ0) is 18.4. The summed E-state index contributed by atoms with van der Waals surface area (Å²) >= 11 is 0. The zero-order valence-electron chi connectivity index (χ0n) is 14.7. The van der Waals surface area contributed by atoms with Crippen LogP contribution in [0.4, 0.5) is 5.82 Å². The Hall–Kier alpha value is -3.26. The van der Waals surface area contributed by atoms with Crippen molar-refractivity contribution in [2.75, 3.05) is 12.3 Å². The van der Waals surface area contributed by atoms with Crippen LogP contribution < -0.4 is 15.2 Å². The summed E-state index contributed by atoms with van der Waals surface area (Å²) in [6.45, 7) is 2.63. The lowest BCUT2D eigenvalue weighted by molar-refractivity contribution is 0.195. The van der Waals surface area contributed by atoms with Gasteiger partial charge in [-0.25, -0.2) is 4.98 Å². The molecule has 0 amide bonds. The third kappa shape index (κ3) is 4.42. The van der Waals surface area contributed by atoms with Gasteiger partial charge in [-0.15, -0.1) is 0 Å². The van der Waals surface area contributed by atoms with Crippen LogP contribution in [0, 0.1) is 11.3 Å². The van der Waals surface area contributed by atoms with Crippen LogP contribution in [-0.2, 0) is 0 Å². The summed E-state index contributed by atoms with van der Waals surface area (Å²) in [7, 11) is 0. The lowest BCUT2D eigenvalue weighted by Gasteiger charge is -2.16. The van der Waals surface area contributed by atoms with E-state index >= 15 is 0 Å². The molecule has 1 aromatic heterocycles. The van der Waals surface area contributed by atoms with E-state index in [0.717, 1.165) is 35.2 Å². The van der Waals surface area contributed by atoms with Crippen LogP contribution in [-0.4, -0.2) is 17.7 Å². The molecule has 0 fully saturated rings. The number of nitriles is 1. The monoisotopic (exact) mass is 347 g/mol. The van der Waals surface area contributed by atoms with E-state index in [-0.39, 0.29) is 6.10 Å². The number of rotatable bonds is 7. The van der Waals surface area contributed by atoms with Crippen LogP contribution in [0.5, 0.6) is 11.5 Å². The van der Waals surface area contributed by atoms with E-state index in [1.54, 1.807) is 18.2 Å². The van der Waals surface area contributed by atoms with Crippen molar-refractivity contribution in [1.29, 1.82) is 5.26 Å². The lowest BCUT2D eigenvalue weighted by Crippen LogP contribution is -2.13. The Morgan fingerprint density at radius 3 is 2.69 bits per heavy atom. The second-order valence-corrected chi connectivity index (χ2v) is 6.12. The van der Waals surface area contributed by atoms with E-state index in [4.69, 9.17) is 20.5 Å². The van der Waals surface area contributed by atoms with E-state index in [2.05, 4.69) is 11.1 Å². The van der Waals surface area contributed by atoms with Crippen LogP contribution in [0.3, 0.4) is 0 Å². The van der Waals surface area contributed by atoms with E-state index in [0.29, 0.717) is 18.0 Å². The fraction of sp³-hybridized carbons (Fsp3) is 0.238. The molecule has 0 aliphatic carbocycles. The summed E-state index contributed by atoms with van der Waals surface area (Å²) in [6, 6.07) is 18.8. The highest BCUT2D eigenvalue weighted by Gasteiger charge is 2.09. The Morgan fingerprint density at radius 1 is 1.12 bits per heavy atom. The SMILES string of the molecule is CC(CCCOc1ccc(C#N)cc1)Oc1cccc2ccc(N)nc12. The highest BCUT2D eigenvalue weighted by molar-refractivity contribution is 5.85. The Balaban J connectivity index is 1.50. The average molecular weight is 347 g/mol. The number of para-hydroxylation sites is 1. The van der Waals surface area contributed by atoms with Gasteiger partial charge in [0.2, 0.25) is 0 Å². The molecule has 5 heteroatoms. The molecule has 0 spiro atoms. The minimum atomic E-state index is 0.0356. The maximum absolute atomic E-state index is 8.79. The number of aromatic nitrogens is 1. The minimum Gasteiger partial charge on any atom is -0.494 e. The molecule has 1 unspecified atom stereocenters. The number of nitrogens with zero attached hydrogens (tertiary/aromatic N) is 2. The highest BCUT2D eigenvalue weighted by Crippen LogP contribution is 2.26. The van der Waals surface area contributed by atoms with Gasteiger partial charge in [-0.1, -0.05) is 12.1 Å². The molecule has 132 valence electrons. The van der Waals surface area contributed by atoms with Crippen molar-refractivity contribution in [3.8, 4) is 17.6 Å². The highest BCUT2D eigenvalue weighted by atomic mass is 16.5. The van der Waals surface area contributed by atoms with Gasteiger partial charge in [0.15, 0.2) is 0 Å². The van der Waals surface area contributed by atoms with Crippen molar-refractivity contribution in [3.63, 3.8) is 0 Å². The van der Waals surface area contributed by atoms with E-state index in [1.165, 1.54) is 0 Å². The smallest absolute Gasteiger partial charge is 0.146 e. The topological polar surface area (TPSA) is 81.2 Å². The summed E-state index contributed by atoms with van der Waals surface area (Å²) in [5.74, 6) is 2.00. The fourth-order valence-corrected chi connectivity index (χ4v) is 2.69. The molecule has 0 bridgehead atoms. The molecular weight excluding hydrogens is 326 g/mol. The molecule has 0 saturated carbocycles. The lowest BCUT2D eigenvalue weighted by atomic mass is 10.2. The van der Waals surface area contributed by atoms with Gasteiger partial charge in [0, 0.05) is 5.39 Å². The fourth-order valence-electron chi connectivity index (χ4n) is 2.69. The van der Waals surface area contributed by atoms with Gasteiger partial charge in [-0.2, -0.15) is 5.26 Å². The van der Waals surface area contributed by atoms with Crippen molar-refractivity contribution in [1.82, 2.24) is 4.98 Å². The van der Waals surface area contributed by atoms with Crippen molar-refractivity contribution in [2.24, 2.45) is 0 Å². The normalized spacial score (nSPS) is 11.7. The molecule has 0 saturated heterocycles. The number of pyridine rings is 1. The number of fused-ring (bicyclic) bond motifs is 1. The average Bonchev–Trinajstić information content (AvgIpc) is 2.66. The third-order valence-corrected chi connectivity index (χ3v) is 4.04. The molecule has 0 radical (unpaired) electrons. The van der Waals surface area contributed by atoms with Crippen molar-refractivity contribution < 1.29 is 9.47 Å². The minimum absolute atomic E-state index is 0.0356. The first-order chi connectivity index (χ1) is 12.7. The molecule has 2 N–H and O–H groups in total. The van der Waals surface area contributed by atoms with Crippen LogP contribution in [0.2, 0.25) is 0 Å². The van der Waals surface area contributed by atoms with E-state index < -0.39 is 0 Å². The van der Waals surface area contributed by atoms with Gasteiger partial charge < -0.3 is 15.2 Å². The number of benzene rings is 2. The molecule has 3 rings (SSSR count). The number of nitrogens with two attached hydrogens (primary N) is 1. The molecule has 1 atom stereocenters.